The SMILES string of the molecule is C/C=C/C[C@@H](C)[C@@H](O)[C@H]1C(=O)N[C@@H](CC)C(=O)N(C)[C@H](C)C(=O)N(C)[C@@H]([C@H](C)CO[C@H]2CCOC2)C(=O)N[C@@H](C(C)C)C(=O)N(C)[C@@H](CC(C)C)C(=O)N[C@@H](C)C(=O)N[C@H](C)C(=O)N(C)[C@@H](CC(C)C)C(=O)N(C)[C@@H](CC(C)C)C(=O)N(C)[C@@H](C(C)C)C(=O)N1C. The first-order valence-corrected chi connectivity index (χ1v) is 32.8. The summed E-state index contributed by atoms with van der Waals surface area (Å²) in [7, 11) is 9.90. The molecule has 2 aliphatic heterocycles. The Morgan fingerprint density at radius 1 is 0.516 bits per heavy atom. The van der Waals surface area contributed by atoms with Gasteiger partial charge in [0, 0.05) is 61.9 Å². The molecule has 2 rings (SSSR count). The maximum atomic E-state index is 15.2. The molecule has 0 aromatic heterocycles. The topological polar surface area (TPSA) is 297 Å². The van der Waals surface area contributed by atoms with Crippen LogP contribution in [0.4, 0.5) is 0 Å². The van der Waals surface area contributed by atoms with E-state index in [0.717, 1.165) is 9.80 Å². The van der Waals surface area contributed by atoms with Gasteiger partial charge in [0.2, 0.25) is 65.0 Å². The molecule has 520 valence electrons. The van der Waals surface area contributed by atoms with Crippen molar-refractivity contribution in [1.29, 1.82) is 0 Å². The third kappa shape index (κ3) is 22.0. The van der Waals surface area contributed by atoms with Crippen LogP contribution in [-0.4, -0.2) is 252 Å². The highest BCUT2D eigenvalue weighted by molar-refractivity contribution is 6.00. The van der Waals surface area contributed by atoms with Crippen molar-refractivity contribution in [3.63, 3.8) is 0 Å². The van der Waals surface area contributed by atoms with Gasteiger partial charge < -0.3 is 70.1 Å². The number of aliphatic hydroxyl groups is 1. The zero-order valence-electron chi connectivity index (χ0n) is 59.5. The molecule has 2 aliphatic rings. The standard InChI is InChI=1S/C66H117N11O14/c1-25-27-28-41(13)55(78)54-59(82)69-47(26-2)62(85)71(18)45(17)61(84)76(23)53(42(14)34-91-46-29-30-90-35-46)58(81)70-51(39(9)10)65(88)72(19)48(31-36(3)4)57(80)67-43(15)56(79)68-44(16)60(83)73(20)49(32-37(5)6)63(86)74(21)50(33-38(7)8)64(87)75(22)52(40(11)12)66(89)77(54)24/h25,27,36-55,78H,26,28-35H2,1-24H3,(H,67,80)(H,68,79)(H,69,82)(H,70,81)/b27-25+/t41-,42-,43+,44-,45-,46+,47+,48+,49+,50+,51+,52+,53+,54+,55-/m1/s1. The Morgan fingerprint density at radius 3 is 1.47 bits per heavy atom. The van der Waals surface area contributed by atoms with Crippen LogP contribution in [0.15, 0.2) is 12.2 Å². The van der Waals surface area contributed by atoms with Gasteiger partial charge in [0.05, 0.1) is 25.4 Å². The maximum Gasteiger partial charge on any atom is 0.246 e. The Labute approximate surface area is 543 Å². The molecule has 2 saturated heterocycles. The number of nitrogens with one attached hydrogen (secondary N) is 4. The fourth-order valence-corrected chi connectivity index (χ4v) is 11.8. The normalized spacial score (nSPS) is 28.7. The molecule has 25 heteroatoms. The molecule has 2 heterocycles. The van der Waals surface area contributed by atoms with E-state index in [1.807, 2.05) is 41.5 Å². The summed E-state index contributed by atoms with van der Waals surface area (Å²) in [6, 6.07) is -14.0. The molecular weight excluding hydrogens is 1170 g/mol. The molecule has 11 amide bonds. The Morgan fingerprint density at radius 2 is 0.989 bits per heavy atom. The number of allylic oxidation sites excluding steroid dienone is 2. The van der Waals surface area contributed by atoms with Crippen LogP contribution in [-0.2, 0) is 62.2 Å². The molecule has 0 aromatic rings. The minimum absolute atomic E-state index is 0.00627. The van der Waals surface area contributed by atoms with Crippen molar-refractivity contribution < 1.29 is 67.3 Å². The molecule has 5 N–H and O–H groups in total. The predicted octanol–water partition coefficient (Wildman–Crippen LogP) is 3.05. The predicted molar refractivity (Wildman–Crippen MR) is 348 cm³/mol. The molecule has 15 atom stereocenters. The summed E-state index contributed by atoms with van der Waals surface area (Å²) in [5.41, 5.74) is 0. The van der Waals surface area contributed by atoms with Crippen molar-refractivity contribution in [3.05, 3.63) is 12.2 Å². The Balaban J connectivity index is 3.03. The largest absolute Gasteiger partial charge is 0.390 e. The molecule has 0 radical (unpaired) electrons. The first-order chi connectivity index (χ1) is 42.2. The molecule has 91 heavy (non-hydrogen) atoms. The van der Waals surface area contributed by atoms with E-state index < -0.39 is 161 Å². The van der Waals surface area contributed by atoms with Gasteiger partial charge in [-0.25, -0.2) is 0 Å². The van der Waals surface area contributed by atoms with E-state index in [4.69, 9.17) is 9.47 Å². The van der Waals surface area contributed by atoms with Crippen LogP contribution in [0.2, 0.25) is 0 Å². The Hall–Kier alpha value is -6.21. The summed E-state index contributed by atoms with van der Waals surface area (Å²) in [5, 5.41) is 23.3. The third-order valence-corrected chi connectivity index (χ3v) is 17.8. The number of likely N-dealkylation sites (N-methyl/N-ethyl adjacent to an activating group) is 7. The lowest BCUT2D eigenvalue weighted by molar-refractivity contribution is -0.157. The fourth-order valence-electron chi connectivity index (χ4n) is 11.8. The molecule has 0 aliphatic carbocycles. The second-order valence-electron chi connectivity index (χ2n) is 27.6. The van der Waals surface area contributed by atoms with Crippen molar-refractivity contribution in [1.82, 2.24) is 55.6 Å². The van der Waals surface area contributed by atoms with Crippen LogP contribution in [0.5, 0.6) is 0 Å². The lowest BCUT2D eigenvalue weighted by Crippen LogP contribution is -2.64. The number of carbonyl (C=O) groups is 11. The van der Waals surface area contributed by atoms with Gasteiger partial charge in [-0.3, -0.25) is 52.7 Å². The lowest BCUT2D eigenvalue weighted by atomic mass is 9.91. The Kier molecular flexibility index (Phi) is 32.8. The first kappa shape index (κ1) is 80.9. The van der Waals surface area contributed by atoms with Gasteiger partial charge in [-0.1, -0.05) is 102 Å². The highest BCUT2D eigenvalue weighted by atomic mass is 16.5. The summed E-state index contributed by atoms with van der Waals surface area (Å²) in [4.78, 5) is 171. The van der Waals surface area contributed by atoms with Crippen LogP contribution < -0.4 is 21.3 Å². The second-order valence-corrected chi connectivity index (χ2v) is 27.6. The minimum atomic E-state index is -1.64. The number of amides is 11. The number of ether oxygens (including phenoxy) is 2. The number of rotatable bonds is 17. The lowest BCUT2D eigenvalue weighted by Gasteiger charge is -2.41. The van der Waals surface area contributed by atoms with Gasteiger partial charge in [0.1, 0.15) is 66.5 Å². The first-order valence-electron chi connectivity index (χ1n) is 32.8. The van der Waals surface area contributed by atoms with Crippen molar-refractivity contribution >= 4 is 65.0 Å². The summed E-state index contributed by atoms with van der Waals surface area (Å²) in [5.74, 6) is -10.7. The summed E-state index contributed by atoms with van der Waals surface area (Å²) < 4.78 is 11.7. The van der Waals surface area contributed by atoms with E-state index in [1.54, 1.807) is 67.5 Å². The van der Waals surface area contributed by atoms with E-state index in [2.05, 4.69) is 21.3 Å². The van der Waals surface area contributed by atoms with Crippen molar-refractivity contribution in [3.8, 4) is 0 Å². The molecule has 0 bridgehead atoms. The van der Waals surface area contributed by atoms with Crippen LogP contribution in [0.3, 0.4) is 0 Å². The van der Waals surface area contributed by atoms with Gasteiger partial charge in [-0.15, -0.1) is 0 Å². The van der Waals surface area contributed by atoms with Crippen LogP contribution in [0.25, 0.3) is 0 Å². The van der Waals surface area contributed by atoms with E-state index in [1.165, 1.54) is 94.6 Å². The monoisotopic (exact) mass is 1290 g/mol. The van der Waals surface area contributed by atoms with Gasteiger partial charge in [0.25, 0.3) is 0 Å². The van der Waals surface area contributed by atoms with Crippen molar-refractivity contribution in [2.75, 3.05) is 69.2 Å². The number of hydrogen-bond acceptors (Lipinski definition) is 14. The number of carbonyl (C=O) groups excluding carboxylic acids is 11. The number of aliphatic hydroxyl groups excluding tert-OH is 1. The molecule has 2 fully saturated rings. The summed E-state index contributed by atoms with van der Waals surface area (Å²) >= 11 is 0. The zero-order valence-corrected chi connectivity index (χ0v) is 59.5. The van der Waals surface area contributed by atoms with Crippen LogP contribution in [0.1, 0.15) is 156 Å². The number of nitrogens with zero attached hydrogens (tertiary/aromatic N) is 7. The zero-order chi connectivity index (χ0) is 70.0. The Bertz CT molecular complexity index is 2500. The van der Waals surface area contributed by atoms with Gasteiger partial charge in [0.15, 0.2) is 0 Å². The average Bonchev–Trinajstić information content (AvgIpc) is 1.03. The third-order valence-electron chi connectivity index (χ3n) is 17.8. The van der Waals surface area contributed by atoms with Crippen molar-refractivity contribution in [2.24, 2.45) is 41.4 Å². The quantitative estimate of drug-likeness (QED) is 0.131. The maximum absolute atomic E-state index is 15.2. The van der Waals surface area contributed by atoms with E-state index in [9.17, 15) is 43.5 Å². The van der Waals surface area contributed by atoms with E-state index in [-0.39, 0.29) is 56.1 Å². The highest BCUT2D eigenvalue weighted by Crippen LogP contribution is 2.26. The van der Waals surface area contributed by atoms with E-state index >= 15 is 14.4 Å². The summed E-state index contributed by atoms with van der Waals surface area (Å²) in [6.45, 7) is 30.1. The van der Waals surface area contributed by atoms with Gasteiger partial charge in [-0.2, -0.15) is 0 Å². The van der Waals surface area contributed by atoms with Gasteiger partial charge >= 0.3 is 0 Å². The molecule has 0 spiro atoms. The number of hydrogen-bond donors (Lipinski definition) is 5. The van der Waals surface area contributed by atoms with Crippen LogP contribution in [0, 0.1) is 41.4 Å². The smallest absolute Gasteiger partial charge is 0.246 e. The molecule has 25 nitrogen and oxygen atoms in total. The molecular formula is C66H117N11O14. The molecule has 0 aromatic carbocycles. The molecule has 0 unspecified atom stereocenters. The summed E-state index contributed by atoms with van der Waals surface area (Å²) in [6.07, 6.45) is 3.11. The molecule has 0 saturated carbocycles. The second kappa shape index (κ2) is 36.9. The van der Waals surface area contributed by atoms with Crippen molar-refractivity contribution in [2.45, 2.75) is 235 Å². The fraction of sp³-hybridized carbons (Fsp3) is 0.803. The average molecular weight is 1290 g/mol. The van der Waals surface area contributed by atoms with E-state index in [0.29, 0.717) is 26.1 Å². The van der Waals surface area contributed by atoms with Crippen LogP contribution >= 0.6 is 0 Å². The minimum Gasteiger partial charge on any atom is -0.390 e. The van der Waals surface area contributed by atoms with Gasteiger partial charge in [-0.05, 0) is 102 Å². The highest BCUT2D eigenvalue weighted by Gasteiger charge is 2.46.